The SMILES string of the molecule is CCC(C)N1CC(C)NCC(C)(C)C1. The van der Waals surface area contributed by atoms with E-state index in [-0.39, 0.29) is 0 Å². The Kier molecular flexibility index (Phi) is 3.96. The maximum absolute atomic E-state index is 3.60. The minimum absolute atomic E-state index is 0.411. The summed E-state index contributed by atoms with van der Waals surface area (Å²) in [6.45, 7) is 15.2. The van der Waals surface area contributed by atoms with Crippen molar-refractivity contribution in [3.05, 3.63) is 0 Å². The Balaban J connectivity index is 2.64. The van der Waals surface area contributed by atoms with Gasteiger partial charge >= 0.3 is 0 Å². The summed E-state index contributed by atoms with van der Waals surface area (Å²) in [6, 6.07) is 1.35. The van der Waals surface area contributed by atoms with Crippen LogP contribution < -0.4 is 5.32 Å². The third-order valence-corrected chi connectivity index (χ3v) is 3.28. The van der Waals surface area contributed by atoms with E-state index in [1.54, 1.807) is 0 Å². The van der Waals surface area contributed by atoms with Crippen molar-refractivity contribution in [3.63, 3.8) is 0 Å². The van der Waals surface area contributed by atoms with Crippen molar-refractivity contribution in [3.8, 4) is 0 Å². The second kappa shape index (κ2) is 4.63. The van der Waals surface area contributed by atoms with Gasteiger partial charge < -0.3 is 5.32 Å². The highest BCUT2D eigenvalue weighted by Gasteiger charge is 2.28. The molecule has 0 amide bonds. The topological polar surface area (TPSA) is 15.3 Å². The number of nitrogens with zero attached hydrogens (tertiary/aromatic N) is 1. The summed E-state index contributed by atoms with van der Waals surface area (Å²) >= 11 is 0. The molecule has 0 aromatic carbocycles. The second-order valence-electron chi connectivity index (χ2n) is 5.63. The van der Waals surface area contributed by atoms with Gasteiger partial charge in [0, 0.05) is 31.7 Å². The smallest absolute Gasteiger partial charge is 0.0167 e. The molecule has 1 aliphatic heterocycles. The van der Waals surface area contributed by atoms with E-state index in [1.807, 2.05) is 0 Å². The Bertz CT molecular complexity index is 177. The summed E-state index contributed by atoms with van der Waals surface area (Å²) in [4.78, 5) is 2.63. The van der Waals surface area contributed by atoms with E-state index < -0.39 is 0 Å². The third kappa shape index (κ3) is 3.25. The van der Waals surface area contributed by atoms with Gasteiger partial charge in [-0.25, -0.2) is 0 Å². The molecule has 1 rings (SSSR count). The lowest BCUT2D eigenvalue weighted by Crippen LogP contribution is -2.41. The van der Waals surface area contributed by atoms with Gasteiger partial charge in [0.2, 0.25) is 0 Å². The monoisotopic (exact) mass is 198 g/mol. The molecule has 1 heterocycles. The van der Waals surface area contributed by atoms with E-state index >= 15 is 0 Å². The molecule has 0 saturated carbocycles. The van der Waals surface area contributed by atoms with E-state index in [0.717, 1.165) is 12.6 Å². The summed E-state index contributed by atoms with van der Waals surface area (Å²) in [5.41, 5.74) is 0.411. The lowest BCUT2D eigenvalue weighted by atomic mass is 9.92. The first-order valence-electron chi connectivity index (χ1n) is 5.92. The van der Waals surface area contributed by atoms with Crippen molar-refractivity contribution in [1.82, 2.24) is 10.2 Å². The third-order valence-electron chi connectivity index (χ3n) is 3.28. The van der Waals surface area contributed by atoms with Crippen molar-refractivity contribution in [2.24, 2.45) is 5.41 Å². The van der Waals surface area contributed by atoms with Gasteiger partial charge in [-0.2, -0.15) is 0 Å². The second-order valence-corrected chi connectivity index (χ2v) is 5.63. The molecule has 2 atom stereocenters. The van der Waals surface area contributed by atoms with Crippen LogP contribution in [-0.4, -0.2) is 36.6 Å². The van der Waals surface area contributed by atoms with E-state index in [9.17, 15) is 0 Å². The fraction of sp³-hybridized carbons (Fsp3) is 1.00. The van der Waals surface area contributed by atoms with Crippen molar-refractivity contribution >= 4 is 0 Å². The van der Waals surface area contributed by atoms with Crippen LogP contribution in [0.25, 0.3) is 0 Å². The fourth-order valence-electron chi connectivity index (χ4n) is 2.13. The van der Waals surface area contributed by atoms with Gasteiger partial charge in [-0.05, 0) is 25.7 Å². The van der Waals surface area contributed by atoms with Crippen molar-refractivity contribution < 1.29 is 0 Å². The van der Waals surface area contributed by atoms with Crippen molar-refractivity contribution in [1.29, 1.82) is 0 Å². The van der Waals surface area contributed by atoms with Crippen LogP contribution in [0.4, 0.5) is 0 Å². The predicted molar refractivity (Wildman–Crippen MR) is 62.6 cm³/mol. The van der Waals surface area contributed by atoms with Gasteiger partial charge in [0.05, 0.1) is 0 Å². The molecule has 0 aliphatic carbocycles. The summed E-state index contributed by atoms with van der Waals surface area (Å²) < 4.78 is 0. The number of hydrogen-bond acceptors (Lipinski definition) is 2. The predicted octanol–water partition coefficient (Wildman–Crippen LogP) is 2.10. The molecule has 2 heteroatoms. The van der Waals surface area contributed by atoms with Crippen molar-refractivity contribution in [2.75, 3.05) is 19.6 Å². The fourth-order valence-corrected chi connectivity index (χ4v) is 2.13. The van der Waals surface area contributed by atoms with Gasteiger partial charge in [0.15, 0.2) is 0 Å². The molecule has 0 radical (unpaired) electrons. The molecule has 0 aromatic rings. The molecule has 2 unspecified atom stereocenters. The zero-order valence-corrected chi connectivity index (χ0v) is 10.4. The summed E-state index contributed by atoms with van der Waals surface area (Å²) in [5.74, 6) is 0. The standard InChI is InChI=1S/C12H26N2/c1-6-11(3)14-7-10(2)13-8-12(4,5)9-14/h10-11,13H,6-9H2,1-5H3. The van der Waals surface area contributed by atoms with Gasteiger partial charge in [0.25, 0.3) is 0 Å². The highest BCUT2D eigenvalue weighted by Crippen LogP contribution is 2.21. The molecule has 2 nitrogen and oxygen atoms in total. The first-order chi connectivity index (χ1) is 6.44. The van der Waals surface area contributed by atoms with E-state index in [1.165, 1.54) is 19.5 Å². The van der Waals surface area contributed by atoms with Crippen LogP contribution in [0.1, 0.15) is 41.0 Å². The normalized spacial score (nSPS) is 31.1. The Labute approximate surface area is 89.1 Å². The molecule has 0 spiro atoms. The minimum atomic E-state index is 0.411. The van der Waals surface area contributed by atoms with Gasteiger partial charge in [0.1, 0.15) is 0 Å². The van der Waals surface area contributed by atoms with Crippen LogP contribution in [0.5, 0.6) is 0 Å². The quantitative estimate of drug-likeness (QED) is 0.731. The molecule has 0 bridgehead atoms. The van der Waals surface area contributed by atoms with Gasteiger partial charge in [-0.3, -0.25) is 4.90 Å². The number of hydrogen-bond donors (Lipinski definition) is 1. The first-order valence-corrected chi connectivity index (χ1v) is 5.92. The zero-order valence-electron chi connectivity index (χ0n) is 10.4. The average Bonchev–Trinajstić information content (AvgIpc) is 2.24. The summed E-state index contributed by atoms with van der Waals surface area (Å²) in [7, 11) is 0. The zero-order chi connectivity index (χ0) is 10.8. The van der Waals surface area contributed by atoms with Crippen LogP contribution in [-0.2, 0) is 0 Å². The molecule has 1 saturated heterocycles. The average molecular weight is 198 g/mol. The molecular weight excluding hydrogens is 172 g/mol. The molecule has 1 fully saturated rings. The van der Waals surface area contributed by atoms with Crippen LogP contribution >= 0.6 is 0 Å². The lowest BCUT2D eigenvalue weighted by Gasteiger charge is -2.33. The Morgan fingerprint density at radius 2 is 2.14 bits per heavy atom. The molecule has 14 heavy (non-hydrogen) atoms. The highest BCUT2D eigenvalue weighted by molar-refractivity contribution is 4.85. The van der Waals surface area contributed by atoms with Gasteiger partial charge in [-0.1, -0.05) is 20.8 Å². The molecule has 84 valence electrons. The molecule has 1 aliphatic rings. The maximum Gasteiger partial charge on any atom is 0.0167 e. The minimum Gasteiger partial charge on any atom is -0.312 e. The van der Waals surface area contributed by atoms with E-state index in [4.69, 9.17) is 0 Å². The van der Waals surface area contributed by atoms with Crippen LogP contribution in [0, 0.1) is 5.41 Å². The van der Waals surface area contributed by atoms with Crippen LogP contribution in [0.3, 0.4) is 0 Å². The largest absolute Gasteiger partial charge is 0.312 e. The lowest BCUT2D eigenvalue weighted by molar-refractivity contribution is 0.153. The molecular formula is C12H26N2. The Morgan fingerprint density at radius 3 is 2.71 bits per heavy atom. The Hall–Kier alpha value is -0.0800. The molecule has 1 N–H and O–H groups in total. The van der Waals surface area contributed by atoms with Crippen LogP contribution in [0.2, 0.25) is 0 Å². The van der Waals surface area contributed by atoms with E-state index in [2.05, 4.69) is 44.8 Å². The summed E-state index contributed by atoms with van der Waals surface area (Å²) in [5, 5.41) is 3.60. The van der Waals surface area contributed by atoms with Gasteiger partial charge in [-0.15, -0.1) is 0 Å². The number of rotatable bonds is 2. The summed E-state index contributed by atoms with van der Waals surface area (Å²) in [6.07, 6.45) is 1.25. The maximum atomic E-state index is 3.60. The van der Waals surface area contributed by atoms with E-state index in [0.29, 0.717) is 11.5 Å². The first kappa shape index (κ1) is 12.0. The van der Waals surface area contributed by atoms with Crippen LogP contribution in [0.15, 0.2) is 0 Å². The number of nitrogens with one attached hydrogen (secondary N) is 1. The Morgan fingerprint density at radius 1 is 1.50 bits per heavy atom. The molecule has 0 aromatic heterocycles. The van der Waals surface area contributed by atoms with Crippen molar-refractivity contribution in [2.45, 2.75) is 53.1 Å². The highest BCUT2D eigenvalue weighted by atomic mass is 15.2.